The van der Waals surface area contributed by atoms with E-state index in [0.717, 1.165) is 24.1 Å². The summed E-state index contributed by atoms with van der Waals surface area (Å²) in [6, 6.07) is 14.0. The first-order valence-corrected chi connectivity index (χ1v) is 10.5. The highest BCUT2D eigenvalue weighted by Crippen LogP contribution is 2.22. The van der Waals surface area contributed by atoms with Gasteiger partial charge in [0, 0.05) is 24.2 Å². The van der Waals surface area contributed by atoms with Crippen molar-refractivity contribution in [2.24, 2.45) is 5.10 Å². The molecule has 0 unspecified atom stereocenters. The van der Waals surface area contributed by atoms with Crippen LogP contribution in [0.4, 0.5) is 0 Å². The van der Waals surface area contributed by atoms with Gasteiger partial charge in [-0.3, -0.25) is 4.79 Å². The van der Waals surface area contributed by atoms with E-state index in [2.05, 4.69) is 16.6 Å². The van der Waals surface area contributed by atoms with Gasteiger partial charge in [-0.05, 0) is 36.6 Å². The number of hydrogen-bond donors (Lipinski definition) is 1. The molecule has 0 aliphatic heterocycles. The molecule has 2 aromatic rings. The largest absolute Gasteiger partial charge is 0.271 e. The number of amides is 1. The van der Waals surface area contributed by atoms with Crippen molar-refractivity contribution in [2.45, 2.75) is 31.6 Å². The number of nitrogens with one attached hydrogen (secondary N) is 1. The third-order valence-corrected chi connectivity index (χ3v) is 6.74. The average molecular weight is 385 g/mol. The van der Waals surface area contributed by atoms with Crippen molar-refractivity contribution in [3.63, 3.8) is 0 Å². The van der Waals surface area contributed by atoms with Gasteiger partial charge in [-0.1, -0.05) is 44.2 Å². The molecule has 0 heterocycles. The third-order valence-electron chi connectivity index (χ3n) is 4.69. The number of nitrogens with zero attached hydrogens (tertiary/aromatic N) is 2. The van der Waals surface area contributed by atoms with E-state index in [1.54, 1.807) is 26.0 Å². The third kappa shape index (κ3) is 3.94. The van der Waals surface area contributed by atoms with Gasteiger partial charge in [-0.2, -0.15) is 9.41 Å². The van der Waals surface area contributed by atoms with Crippen LogP contribution >= 0.6 is 0 Å². The van der Waals surface area contributed by atoms with Crippen molar-refractivity contribution < 1.29 is 13.2 Å². The van der Waals surface area contributed by atoms with Crippen molar-refractivity contribution in [1.82, 2.24) is 9.73 Å². The van der Waals surface area contributed by atoms with Gasteiger partial charge >= 0.3 is 0 Å². The van der Waals surface area contributed by atoms with E-state index >= 15 is 0 Å². The zero-order valence-electron chi connectivity index (χ0n) is 15.5. The van der Waals surface area contributed by atoms with E-state index in [9.17, 15) is 13.2 Å². The Labute approximate surface area is 159 Å². The van der Waals surface area contributed by atoms with Gasteiger partial charge in [0.15, 0.2) is 0 Å². The van der Waals surface area contributed by atoms with Crippen LogP contribution < -0.4 is 5.43 Å². The van der Waals surface area contributed by atoms with Crippen LogP contribution in [0.25, 0.3) is 0 Å². The summed E-state index contributed by atoms with van der Waals surface area (Å²) in [5.41, 5.74) is 5.93. The number of carbonyl (C=O) groups excluding carboxylic acids is 1. The molecule has 0 saturated heterocycles. The summed E-state index contributed by atoms with van der Waals surface area (Å²) < 4.78 is 26.6. The lowest BCUT2D eigenvalue weighted by Gasteiger charge is -2.18. The highest BCUT2D eigenvalue weighted by molar-refractivity contribution is 7.89. The lowest BCUT2D eigenvalue weighted by molar-refractivity contribution is 0.0954. The SMILES string of the molecule is CCN(CC)S(=O)(=O)c1cccc(C(=O)N/N=C2\CCc3ccccc32)c1. The minimum absolute atomic E-state index is 0.109. The molecule has 0 bridgehead atoms. The first-order valence-electron chi connectivity index (χ1n) is 9.02. The van der Waals surface area contributed by atoms with Crippen LogP contribution in [0.15, 0.2) is 58.5 Å². The first-order chi connectivity index (χ1) is 13.0. The molecule has 1 aliphatic rings. The van der Waals surface area contributed by atoms with Crippen molar-refractivity contribution >= 4 is 21.6 Å². The normalized spacial score (nSPS) is 15.1. The summed E-state index contributed by atoms with van der Waals surface area (Å²) in [4.78, 5) is 12.6. The van der Waals surface area contributed by atoms with E-state index in [-0.39, 0.29) is 10.5 Å². The Bertz CT molecular complexity index is 979. The van der Waals surface area contributed by atoms with Gasteiger partial charge in [0.25, 0.3) is 5.91 Å². The highest BCUT2D eigenvalue weighted by atomic mass is 32.2. The standard InChI is InChI=1S/C20H23N3O3S/c1-3-23(4-2)27(25,26)17-10-7-9-16(14-17)20(24)22-21-19-13-12-15-8-5-6-11-18(15)19/h5-11,14H,3-4,12-13H2,1-2H3,(H,22,24)/b21-19+. The van der Waals surface area contributed by atoms with Crippen LogP contribution in [-0.2, 0) is 16.4 Å². The molecule has 142 valence electrons. The quantitative estimate of drug-likeness (QED) is 0.777. The van der Waals surface area contributed by atoms with Crippen molar-refractivity contribution in [3.8, 4) is 0 Å². The Balaban J connectivity index is 1.80. The minimum atomic E-state index is -3.61. The Morgan fingerprint density at radius 2 is 1.81 bits per heavy atom. The van der Waals surface area contributed by atoms with E-state index < -0.39 is 15.9 Å². The van der Waals surface area contributed by atoms with Gasteiger partial charge < -0.3 is 0 Å². The molecule has 3 rings (SSSR count). The zero-order valence-corrected chi connectivity index (χ0v) is 16.3. The van der Waals surface area contributed by atoms with Crippen LogP contribution in [-0.4, -0.2) is 37.4 Å². The van der Waals surface area contributed by atoms with Crippen LogP contribution in [0.2, 0.25) is 0 Å². The predicted octanol–water partition coefficient (Wildman–Crippen LogP) is 2.80. The Kier molecular flexibility index (Phi) is 5.72. The molecule has 0 aromatic heterocycles. The van der Waals surface area contributed by atoms with Crippen molar-refractivity contribution in [3.05, 3.63) is 65.2 Å². The van der Waals surface area contributed by atoms with Gasteiger partial charge in [-0.15, -0.1) is 0 Å². The second-order valence-corrected chi connectivity index (χ2v) is 8.21. The van der Waals surface area contributed by atoms with Gasteiger partial charge in [-0.25, -0.2) is 13.8 Å². The van der Waals surface area contributed by atoms with E-state index in [1.165, 1.54) is 22.0 Å². The predicted molar refractivity (Wildman–Crippen MR) is 105 cm³/mol. The summed E-state index contributed by atoms with van der Waals surface area (Å²) in [7, 11) is -3.61. The number of hydrazone groups is 1. The molecular formula is C20H23N3O3S. The van der Waals surface area contributed by atoms with Gasteiger partial charge in [0.2, 0.25) is 10.0 Å². The van der Waals surface area contributed by atoms with Gasteiger partial charge in [0.05, 0.1) is 10.6 Å². The number of sulfonamides is 1. The monoisotopic (exact) mass is 385 g/mol. The molecule has 1 amide bonds. The molecule has 0 radical (unpaired) electrons. The second-order valence-electron chi connectivity index (χ2n) is 6.27. The summed E-state index contributed by atoms with van der Waals surface area (Å²) >= 11 is 0. The van der Waals surface area contributed by atoms with Crippen LogP contribution in [0.3, 0.4) is 0 Å². The summed E-state index contributed by atoms with van der Waals surface area (Å²) in [6.07, 6.45) is 1.68. The molecule has 0 spiro atoms. The topological polar surface area (TPSA) is 78.8 Å². The first kappa shape index (κ1) is 19.3. The molecule has 27 heavy (non-hydrogen) atoms. The minimum Gasteiger partial charge on any atom is -0.267 e. The molecule has 0 atom stereocenters. The maximum absolute atomic E-state index is 12.6. The molecule has 1 N–H and O–H groups in total. The smallest absolute Gasteiger partial charge is 0.267 e. The van der Waals surface area contributed by atoms with Crippen molar-refractivity contribution in [2.75, 3.05) is 13.1 Å². The average Bonchev–Trinajstić information content (AvgIpc) is 3.10. The summed E-state index contributed by atoms with van der Waals surface area (Å²) in [5.74, 6) is -0.427. The molecule has 7 heteroatoms. The van der Waals surface area contributed by atoms with Crippen LogP contribution in [0.5, 0.6) is 0 Å². The number of carbonyl (C=O) groups is 1. The number of fused-ring (bicyclic) bond motifs is 1. The van der Waals surface area contributed by atoms with Crippen molar-refractivity contribution in [1.29, 1.82) is 0 Å². The number of aryl methyl sites for hydroxylation is 1. The van der Waals surface area contributed by atoms with Crippen LogP contribution in [0, 0.1) is 0 Å². The fourth-order valence-electron chi connectivity index (χ4n) is 3.22. The molecular weight excluding hydrogens is 362 g/mol. The Hall–Kier alpha value is -2.51. The Morgan fingerprint density at radius 1 is 1.07 bits per heavy atom. The lowest BCUT2D eigenvalue weighted by Crippen LogP contribution is -2.30. The fraction of sp³-hybridized carbons (Fsp3) is 0.300. The van der Waals surface area contributed by atoms with Crippen LogP contribution in [0.1, 0.15) is 41.8 Å². The summed E-state index contributed by atoms with van der Waals surface area (Å²) in [6.45, 7) is 4.32. The number of rotatable bonds is 6. The maximum Gasteiger partial charge on any atom is 0.271 e. The Morgan fingerprint density at radius 3 is 2.56 bits per heavy atom. The molecule has 6 nitrogen and oxygen atoms in total. The van der Waals surface area contributed by atoms with Gasteiger partial charge in [0.1, 0.15) is 0 Å². The van der Waals surface area contributed by atoms with E-state index in [4.69, 9.17) is 0 Å². The molecule has 0 fully saturated rings. The highest BCUT2D eigenvalue weighted by Gasteiger charge is 2.23. The van der Waals surface area contributed by atoms with E-state index in [0.29, 0.717) is 13.1 Å². The number of hydrogen-bond acceptors (Lipinski definition) is 4. The maximum atomic E-state index is 12.6. The molecule has 1 aliphatic carbocycles. The zero-order chi connectivity index (χ0) is 19.4. The molecule has 0 saturated carbocycles. The van der Waals surface area contributed by atoms with E-state index in [1.807, 2.05) is 18.2 Å². The summed E-state index contributed by atoms with van der Waals surface area (Å²) in [5, 5.41) is 4.26. The fourth-order valence-corrected chi connectivity index (χ4v) is 4.72. The second kappa shape index (κ2) is 8.02. The molecule has 2 aromatic carbocycles. The number of benzene rings is 2. The lowest BCUT2D eigenvalue weighted by atomic mass is 10.1.